The fourth-order valence-electron chi connectivity index (χ4n) is 1.67. The van der Waals surface area contributed by atoms with Crippen LogP contribution in [0, 0.1) is 17.3 Å². The Morgan fingerprint density at radius 3 is 2.58 bits per heavy atom. The van der Waals surface area contributed by atoms with Gasteiger partial charge in [0.1, 0.15) is 11.5 Å². The van der Waals surface area contributed by atoms with Crippen LogP contribution in [0.25, 0.3) is 0 Å². The second-order valence-electron chi connectivity index (χ2n) is 4.72. The van der Waals surface area contributed by atoms with E-state index in [1.165, 1.54) is 43.6 Å². The van der Waals surface area contributed by atoms with E-state index in [1.807, 2.05) is 0 Å². The zero-order valence-electron chi connectivity index (χ0n) is 13.2. The molecule has 0 fully saturated rings. The van der Waals surface area contributed by atoms with Crippen molar-refractivity contribution in [3.05, 3.63) is 47.4 Å². The fourth-order valence-corrected chi connectivity index (χ4v) is 1.82. The first-order valence-electron chi connectivity index (χ1n) is 7.05. The van der Waals surface area contributed by atoms with Crippen LogP contribution < -0.4 is 14.8 Å². The van der Waals surface area contributed by atoms with Crippen molar-refractivity contribution in [2.24, 2.45) is 0 Å². The van der Waals surface area contributed by atoms with Crippen molar-refractivity contribution < 1.29 is 28.2 Å². The van der Waals surface area contributed by atoms with Crippen LogP contribution in [-0.4, -0.2) is 23.2 Å². The van der Waals surface area contributed by atoms with E-state index in [1.54, 1.807) is 5.32 Å². The lowest BCUT2D eigenvalue weighted by Crippen LogP contribution is -2.31. The molecule has 10 heteroatoms. The number of carbonyl (C=O) groups excluding carboxylic acids is 2. The Kier molecular flexibility index (Phi) is 6.30. The smallest absolute Gasteiger partial charge is 0.428 e. The first-order chi connectivity index (χ1) is 12.4. The van der Waals surface area contributed by atoms with Crippen LogP contribution >= 0.6 is 11.6 Å². The van der Waals surface area contributed by atoms with Crippen LogP contribution in [0.3, 0.4) is 0 Å². The predicted molar refractivity (Wildman–Crippen MR) is 86.0 cm³/mol. The molecule has 26 heavy (non-hydrogen) atoms. The first-order valence-corrected chi connectivity index (χ1v) is 7.43. The Hall–Kier alpha value is -3.38. The largest absolute Gasteiger partial charge is 0.479 e. The van der Waals surface area contributed by atoms with Gasteiger partial charge in [-0.25, -0.2) is 24.3 Å². The maximum Gasteiger partial charge on any atom is 0.428 e. The van der Waals surface area contributed by atoms with Gasteiger partial charge in [0.25, 0.3) is 5.88 Å². The van der Waals surface area contributed by atoms with Crippen molar-refractivity contribution in [1.82, 2.24) is 10.3 Å². The molecular weight excluding hydrogens is 369 g/mol. The molecule has 1 atom stereocenters. The van der Waals surface area contributed by atoms with E-state index in [4.69, 9.17) is 26.3 Å². The van der Waals surface area contributed by atoms with Gasteiger partial charge in [-0.05, 0) is 37.3 Å². The lowest BCUT2D eigenvalue weighted by molar-refractivity contribution is -0.144. The molecule has 0 aliphatic heterocycles. The quantitative estimate of drug-likeness (QED) is 0.367. The SMILES string of the molecule is CC(Oc1ccc(Oc2ncc(Cl)cc2F)cc1)C(=O)OC(=O)NC#N. The van der Waals surface area contributed by atoms with Crippen molar-refractivity contribution in [2.75, 3.05) is 0 Å². The van der Waals surface area contributed by atoms with E-state index in [2.05, 4.69) is 9.72 Å². The molecule has 0 saturated carbocycles. The molecule has 0 aliphatic rings. The van der Waals surface area contributed by atoms with Gasteiger partial charge in [0, 0.05) is 6.20 Å². The number of ether oxygens (including phenoxy) is 3. The van der Waals surface area contributed by atoms with Gasteiger partial charge in [-0.3, -0.25) is 0 Å². The lowest BCUT2D eigenvalue weighted by Gasteiger charge is -2.13. The summed E-state index contributed by atoms with van der Waals surface area (Å²) in [6.07, 6.45) is 0.258. The highest BCUT2D eigenvalue weighted by molar-refractivity contribution is 6.30. The van der Waals surface area contributed by atoms with Gasteiger partial charge in [-0.15, -0.1) is 0 Å². The number of amides is 1. The van der Waals surface area contributed by atoms with E-state index in [0.717, 1.165) is 6.07 Å². The highest BCUT2D eigenvalue weighted by Crippen LogP contribution is 2.26. The number of aromatic nitrogens is 1. The summed E-state index contributed by atoms with van der Waals surface area (Å²) in [5, 5.41) is 10.0. The maximum absolute atomic E-state index is 13.6. The molecule has 2 rings (SSSR count). The van der Waals surface area contributed by atoms with Gasteiger partial charge in [0.05, 0.1) is 5.02 Å². The third-order valence-corrected chi connectivity index (χ3v) is 3.02. The van der Waals surface area contributed by atoms with E-state index in [-0.39, 0.29) is 22.4 Å². The van der Waals surface area contributed by atoms with Crippen LogP contribution in [0.4, 0.5) is 9.18 Å². The number of esters is 1. The number of nitrogens with one attached hydrogen (secondary N) is 1. The van der Waals surface area contributed by atoms with Gasteiger partial charge in [-0.1, -0.05) is 11.6 Å². The van der Waals surface area contributed by atoms with Crippen molar-refractivity contribution in [2.45, 2.75) is 13.0 Å². The molecule has 0 aliphatic carbocycles. The normalized spacial score (nSPS) is 11.0. The number of pyridine rings is 1. The summed E-state index contributed by atoms with van der Waals surface area (Å²) in [6, 6.07) is 6.92. The second kappa shape index (κ2) is 8.64. The second-order valence-corrected chi connectivity index (χ2v) is 5.16. The molecule has 0 saturated heterocycles. The molecule has 8 nitrogen and oxygen atoms in total. The standard InChI is InChI=1S/C16H11ClFN3O5/c1-9(15(22)26-16(23)21-8-19)24-11-2-4-12(5-3-11)25-14-13(18)6-10(17)7-20-14/h2-7,9H,1H3,(H,21,23). The van der Waals surface area contributed by atoms with E-state index in [0.29, 0.717) is 0 Å². The minimum Gasteiger partial charge on any atom is -0.479 e. The number of nitriles is 1. The molecule has 0 spiro atoms. The van der Waals surface area contributed by atoms with Gasteiger partial charge in [-0.2, -0.15) is 5.26 Å². The molecule has 2 aromatic rings. The first kappa shape index (κ1) is 19.0. The van der Waals surface area contributed by atoms with Crippen LogP contribution in [-0.2, 0) is 9.53 Å². The molecule has 0 bridgehead atoms. The van der Waals surface area contributed by atoms with Gasteiger partial charge in [0.15, 0.2) is 18.1 Å². The predicted octanol–water partition coefficient (Wildman–Crippen LogP) is 3.17. The third kappa shape index (κ3) is 5.32. The molecule has 1 aromatic carbocycles. The third-order valence-electron chi connectivity index (χ3n) is 2.81. The summed E-state index contributed by atoms with van der Waals surface area (Å²) in [5.74, 6) is -1.40. The van der Waals surface area contributed by atoms with Crippen molar-refractivity contribution in [3.8, 4) is 23.6 Å². The van der Waals surface area contributed by atoms with Crippen molar-refractivity contribution in [1.29, 1.82) is 5.26 Å². The summed E-state index contributed by atoms with van der Waals surface area (Å²) in [7, 11) is 0. The molecule has 0 radical (unpaired) electrons. The van der Waals surface area contributed by atoms with Crippen LogP contribution in [0.2, 0.25) is 5.02 Å². The molecule has 1 unspecified atom stereocenters. The molecule has 134 valence electrons. The van der Waals surface area contributed by atoms with E-state index in [9.17, 15) is 14.0 Å². The highest BCUT2D eigenvalue weighted by atomic mass is 35.5. The average molecular weight is 380 g/mol. The Labute approximate surface area is 152 Å². The number of halogens is 2. The fraction of sp³-hybridized carbons (Fsp3) is 0.125. The number of carbonyl (C=O) groups is 2. The monoisotopic (exact) mass is 379 g/mol. The molecule has 1 aromatic heterocycles. The number of alkyl carbamates (subject to hydrolysis) is 1. The Bertz CT molecular complexity index is 854. The lowest BCUT2D eigenvalue weighted by atomic mass is 10.3. The molecule has 1 heterocycles. The summed E-state index contributed by atoms with van der Waals surface area (Å²) < 4.78 is 28.5. The van der Waals surface area contributed by atoms with E-state index < -0.39 is 24.0 Å². The zero-order chi connectivity index (χ0) is 19.1. The summed E-state index contributed by atoms with van der Waals surface area (Å²) in [6.45, 7) is 1.36. The van der Waals surface area contributed by atoms with Gasteiger partial charge < -0.3 is 14.2 Å². The minimum atomic E-state index is -1.20. The number of rotatable bonds is 5. The average Bonchev–Trinajstić information content (AvgIpc) is 2.59. The number of hydrogen-bond donors (Lipinski definition) is 1. The summed E-state index contributed by atoms with van der Waals surface area (Å²) in [4.78, 5) is 26.3. The Morgan fingerprint density at radius 2 is 1.96 bits per heavy atom. The van der Waals surface area contributed by atoms with Gasteiger partial charge in [0.2, 0.25) is 0 Å². The number of benzene rings is 1. The minimum absolute atomic E-state index is 0.142. The zero-order valence-corrected chi connectivity index (χ0v) is 14.0. The highest BCUT2D eigenvalue weighted by Gasteiger charge is 2.20. The topological polar surface area (TPSA) is 111 Å². The van der Waals surface area contributed by atoms with E-state index >= 15 is 0 Å². The maximum atomic E-state index is 13.6. The number of hydrogen-bond acceptors (Lipinski definition) is 7. The Balaban J connectivity index is 1.95. The molecule has 1 N–H and O–H groups in total. The summed E-state index contributed by atoms with van der Waals surface area (Å²) in [5.41, 5.74) is 0. The summed E-state index contributed by atoms with van der Waals surface area (Å²) >= 11 is 5.61. The van der Waals surface area contributed by atoms with Crippen molar-refractivity contribution >= 4 is 23.7 Å². The van der Waals surface area contributed by atoms with Gasteiger partial charge >= 0.3 is 12.1 Å². The molecule has 1 amide bonds. The van der Waals surface area contributed by atoms with Crippen LogP contribution in [0.15, 0.2) is 36.5 Å². The van der Waals surface area contributed by atoms with Crippen LogP contribution in [0.5, 0.6) is 17.4 Å². The number of nitrogens with zero attached hydrogens (tertiary/aromatic N) is 2. The van der Waals surface area contributed by atoms with Crippen molar-refractivity contribution in [3.63, 3.8) is 0 Å². The Morgan fingerprint density at radius 1 is 1.31 bits per heavy atom. The van der Waals surface area contributed by atoms with Crippen LogP contribution in [0.1, 0.15) is 6.92 Å². The molecular formula is C16H11ClFN3O5.